The van der Waals surface area contributed by atoms with Crippen LogP contribution in [-0.4, -0.2) is 26.4 Å². The van der Waals surface area contributed by atoms with Crippen molar-refractivity contribution in [2.45, 2.75) is 38.3 Å². The summed E-state index contributed by atoms with van der Waals surface area (Å²) in [5.41, 5.74) is 5.16. The highest BCUT2D eigenvalue weighted by Gasteiger charge is 2.28. The smallest absolute Gasteiger partial charge is 0.131 e. The molecule has 1 aliphatic carbocycles. The highest BCUT2D eigenvalue weighted by Crippen LogP contribution is 2.38. The van der Waals surface area contributed by atoms with Crippen LogP contribution in [-0.2, 0) is 19.5 Å². The first-order valence-corrected chi connectivity index (χ1v) is 8.48. The number of nitrogens with zero attached hydrogens (tertiary/aromatic N) is 3. The van der Waals surface area contributed by atoms with Crippen molar-refractivity contribution in [2.24, 2.45) is 0 Å². The van der Waals surface area contributed by atoms with Gasteiger partial charge in [-0.1, -0.05) is 12.1 Å². The van der Waals surface area contributed by atoms with E-state index < -0.39 is 0 Å². The van der Waals surface area contributed by atoms with E-state index >= 15 is 0 Å². The first kappa shape index (κ1) is 13.3. The molecule has 23 heavy (non-hydrogen) atoms. The van der Waals surface area contributed by atoms with Gasteiger partial charge >= 0.3 is 0 Å². The second-order valence-electron chi connectivity index (χ2n) is 6.83. The van der Waals surface area contributed by atoms with Crippen LogP contribution in [0.5, 0.6) is 0 Å². The molecule has 5 rings (SSSR count). The van der Waals surface area contributed by atoms with Crippen LogP contribution < -0.4 is 0 Å². The van der Waals surface area contributed by atoms with E-state index in [0.717, 1.165) is 31.9 Å². The van der Waals surface area contributed by atoms with Gasteiger partial charge < -0.3 is 4.98 Å². The molecule has 3 aromatic rings. The fourth-order valence-electron chi connectivity index (χ4n) is 3.50. The van der Waals surface area contributed by atoms with Gasteiger partial charge in [-0.05, 0) is 47.9 Å². The predicted octanol–water partition coefficient (Wildman–Crippen LogP) is 3.39. The van der Waals surface area contributed by atoms with Crippen molar-refractivity contribution in [1.82, 2.24) is 19.9 Å². The number of rotatable bonds is 3. The van der Waals surface area contributed by atoms with E-state index in [0.29, 0.717) is 5.92 Å². The van der Waals surface area contributed by atoms with Gasteiger partial charge in [0, 0.05) is 43.5 Å². The summed E-state index contributed by atoms with van der Waals surface area (Å²) < 4.78 is 0. The first-order chi connectivity index (χ1) is 11.3. The summed E-state index contributed by atoms with van der Waals surface area (Å²) in [6, 6.07) is 8.82. The number of hydrogen-bond acceptors (Lipinski definition) is 3. The lowest BCUT2D eigenvalue weighted by Crippen LogP contribution is -2.31. The summed E-state index contributed by atoms with van der Waals surface area (Å²) in [5.74, 6) is 1.70. The van der Waals surface area contributed by atoms with Gasteiger partial charge in [0.15, 0.2) is 0 Å². The fourth-order valence-corrected chi connectivity index (χ4v) is 3.50. The molecular weight excluding hydrogens is 284 g/mol. The molecule has 2 aromatic heterocycles. The molecule has 116 valence electrons. The van der Waals surface area contributed by atoms with E-state index in [1.54, 1.807) is 0 Å². The zero-order valence-electron chi connectivity index (χ0n) is 13.1. The minimum absolute atomic E-state index is 0.631. The number of benzene rings is 1. The zero-order valence-corrected chi connectivity index (χ0v) is 13.1. The third kappa shape index (κ3) is 2.53. The van der Waals surface area contributed by atoms with Crippen LogP contribution in [0.3, 0.4) is 0 Å². The lowest BCUT2D eigenvalue weighted by atomic mass is 10.1. The van der Waals surface area contributed by atoms with Gasteiger partial charge in [-0.2, -0.15) is 0 Å². The predicted molar refractivity (Wildman–Crippen MR) is 90.1 cm³/mol. The summed E-state index contributed by atoms with van der Waals surface area (Å²) in [4.78, 5) is 15.2. The number of hydrogen-bond donors (Lipinski definition) is 1. The van der Waals surface area contributed by atoms with Gasteiger partial charge in [0.2, 0.25) is 0 Å². The van der Waals surface area contributed by atoms with Gasteiger partial charge in [-0.25, -0.2) is 9.97 Å². The molecule has 0 spiro atoms. The summed E-state index contributed by atoms with van der Waals surface area (Å²) in [6.07, 6.45) is 7.66. The summed E-state index contributed by atoms with van der Waals surface area (Å²) in [7, 11) is 0. The molecule has 1 N–H and O–H groups in total. The summed E-state index contributed by atoms with van der Waals surface area (Å²) >= 11 is 0. The number of nitrogens with one attached hydrogen (secondary N) is 1. The molecule has 1 aliphatic heterocycles. The number of aromatic nitrogens is 3. The molecular formula is C19H20N4. The maximum Gasteiger partial charge on any atom is 0.131 e. The second kappa shape index (κ2) is 5.17. The van der Waals surface area contributed by atoms with Crippen LogP contribution >= 0.6 is 0 Å². The van der Waals surface area contributed by atoms with Crippen LogP contribution in [0.4, 0.5) is 0 Å². The molecule has 1 saturated carbocycles. The van der Waals surface area contributed by atoms with Crippen molar-refractivity contribution in [2.75, 3.05) is 6.54 Å². The maximum atomic E-state index is 4.85. The average molecular weight is 304 g/mol. The number of aromatic amines is 1. The number of H-pyrrole nitrogens is 1. The quantitative estimate of drug-likeness (QED) is 0.806. The topological polar surface area (TPSA) is 44.8 Å². The van der Waals surface area contributed by atoms with Crippen LogP contribution in [0.2, 0.25) is 0 Å². The molecule has 0 saturated heterocycles. The Morgan fingerprint density at radius 2 is 2.17 bits per heavy atom. The molecule has 0 radical (unpaired) electrons. The van der Waals surface area contributed by atoms with Crippen LogP contribution in [0, 0.1) is 0 Å². The standard InChI is InChI=1S/C19H20N4/c1-2-14-5-7-20-17(14)9-13(1)11-23-8-6-16-10-21-19(15-3-4-15)22-18(16)12-23/h1-2,5,7,9-10,15,20H,3-4,6,8,11-12H2. The van der Waals surface area contributed by atoms with E-state index in [1.165, 1.54) is 40.6 Å². The van der Waals surface area contributed by atoms with E-state index in [9.17, 15) is 0 Å². The Labute approximate surface area is 135 Å². The van der Waals surface area contributed by atoms with Crippen LogP contribution in [0.15, 0.2) is 36.7 Å². The van der Waals surface area contributed by atoms with E-state index in [-0.39, 0.29) is 0 Å². The second-order valence-corrected chi connectivity index (χ2v) is 6.83. The Kier molecular flexibility index (Phi) is 2.98. The first-order valence-electron chi connectivity index (χ1n) is 8.48. The highest BCUT2D eigenvalue weighted by molar-refractivity contribution is 5.79. The maximum absolute atomic E-state index is 4.85. The molecule has 0 amide bonds. The fraction of sp³-hybridized carbons (Fsp3) is 0.368. The molecule has 2 aliphatic rings. The van der Waals surface area contributed by atoms with Gasteiger partial charge in [-0.15, -0.1) is 0 Å². The van der Waals surface area contributed by atoms with Crippen LogP contribution in [0.25, 0.3) is 10.9 Å². The highest BCUT2D eigenvalue weighted by atomic mass is 15.1. The zero-order chi connectivity index (χ0) is 15.2. The third-order valence-corrected chi connectivity index (χ3v) is 5.01. The number of fused-ring (bicyclic) bond motifs is 2. The van der Waals surface area contributed by atoms with Gasteiger partial charge in [0.25, 0.3) is 0 Å². The van der Waals surface area contributed by atoms with Crippen molar-refractivity contribution in [1.29, 1.82) is 0 Å². The average Bonchev–Trinajstić information content (AvgIpc) is 3.32. The van der Waals surface area contributed by atoms with Crippen LogP contribution in [0.1, 0.15) is 41.4 Å². The Morgan fingerprint density at radius 1 is 1.22 bits per heavy atom. The van der Waals surface area contributed by atoms with Crippen molar-refractivity contribution in [3.05, 3.63) is 59.3 Å². The normalized spacial score (nSPS) is 18.3. The van der Waals surface area contributed by atoms with Crippen molar-refractivity contribution < 1.29 is 0 Å². The molecule has 4 heteroatoms. The molecule has 1 aromatic carbocycles. The van der Waals surface area contributed by atoms with Gasteiger partial charge in [-0.3, -0.25) is 4.90 Å². The molecule has 0 atom stereocenters. The minimum atomic E-state index is 0.631. The minimum Gasteiger partial charge on any atom is -0.361 e. The van der Waals surface area contributed by atoms with E-state index in [2.05, 4.69) is 45.3 Å². The largest absolute Gasteiger partial charge is 0.361 e. The SMILES string of the molecule is c1cc2ccc(CN3CCc4cnc(C5CC5)nc4C3)cc2[nH]1. The Morgan fingerprint density at radius 3 is 3.09 bits per heavy atom. The van der Waals surface area contributed by atoms with Gasteiger partial charge in [0.05, 0.1) is 5.69 Å². The molecule has 0 bridgehead atoms. The van der Waals surface area contributed by atoms with Crippen molar-refractivity contribution in [3.8, 4) is 0 Å². The van der Waals surface area contributed by atoms with E-state index in [4.69, 9.17) is 4.98 Å². The lowest BCUT2D eigenvalue weighted by Gasteiger charge is -2.28. The monoisotopic (exact) mass is 304 g/mol. The van der Waals surface area contributed by atoms with Crippen molar-refractivity contribution in [3.63, 3.8) is 0 Å². The molecule has 3 heterocycles. The summed E-state index contributed by atoms with van der Waals surface area (Å²) in [6.45, 7) is 3.01. The lowest BCUT2D eigenvalue weighted by molar-refractivity contribution is 0.241. The molecule has 0 unspecified atom stereocenters. The Bertz CT molecular complexity index is 863. The van der Waals surface area contributed by atoms with Gasteiger partial charge in [0.1, 0.15) is 5.82 Å². The molecule has 4 nitrogen and oxygen atoms in total. The Hall–Kier alpha value is -2.20. The summed E-state index contributed by atoms with van der Waals surface area (Å²) in [5, 5.41) is 1.28. The third-order valence-electron chi connectivity index (χ3n) is 5.01. The molecule has 1 fully saturated rings. The Balaban J connectivity index is 1.36. The van der Waals surface area contributed by atoms with Crippen molar-refractivity contribution >= 4 is 10.9 Å². The van der Waals surface area contributed by atoms with E-state index in [1.807, 2.05) is 6.20 Å².